The lowest BCUT2D eigenvalue weighted by molar-refractivity contribution is -0.116. The number of benzene rings is 2. The minimum absolute atomic E-state index is 0.0215. The number of hydrogen-bond acceptors (Lipinski definition) is 6. The fourth-order valence-electron chi connectivity index (χ4n) is 3.54. The lowest BCUT2D eigenvalue weighted by Gasteiger charge is -2.36. The van der Waals surface area contributed by atoms with Gasteiger partial charge in [-0.15, -0.1) is 0 Å². The molecule has 0 atom stereocenters. The highest BCUT2D eigenvalue weighted by Crippen LogP contribution is 2.22. The SMILES string of the molecule is COc1ccc(CN(C(=O)CSC(=S)N2CCN(C(=O)OC(C)(C)C)CC2)c2ccccc2)cc1. The molecule has 2 aromatic carbocycles. The highest BCUT2D eigenvalue weighted by Gasteiger charge is 2.27. The van der Waals surface area contributed by atoms with Gasteiger partial charge in [-0.2, -0.15) is 0 Å². The Hall–Kier alpha value is -2.78. The Morgan fingerprint density at radius 3 is 2.14 bits per heavy atom. The summed E-state index contributed by atoms with van der Waals surface area (Å²) in [6, 6.07) is 17.3. The minimum atomic E-state index is -0.518. The molecule has 1 heterocycles. The molecule has 9 heteroatoms. The van der Waals surface area contributed by atoms with Gasteiger partial charge in [0.05, 0.1) is 19.4 Å². The molecule has 2 aromatic rings. The largest absolute Gasteiger partial charge is 0.497 e. The fourth-order valence-corrected chi connectivity index (χ4v) is 4.66. The molecular formula is C26H33N3O4S2. The monoisotopic (exact) mass is 515 g/mol. The van der Waals surface area contributed by atoms with Gasteiger partial charge < -0.3 is 24.2 Å². The first-order valence-corrected chi connectivity index (χ1v) is 12.9. The summed E-state index contributed by atoms with van der Waals surface area (Å²) in [6.07, 6.45) is -0.303. The van der Waals surface area contributed by atoms with Gasteiger partial charge >= 0.3 is 6.09 Å². The van der Waals surface area contributed by atoms with Crippen molar-refractivity contribution in [2.45, 2.75) is 32.9 Å². The van der Waals surface area contributed by atoms with Gasteiger partial charge in [-0.25, -0.2) is 4.79 Å². The molecule has 0 aromatic heterocycles. The Morgan fingerprint density at radius 2 is 1.57 bits per heavy atom. The second-order valence-corrected chi connectivity index (χ2v) is 10.8. The first-order valence-electron chi connectivity index (χ1n) is 11.5. The van der Waals surface area contributed by atoms with E-state index < -0.39 is 5.60 Å². The van der Waals surface area contributed by atoms with Crippen LogP contribution in [0.15, 0.2) is 54.6 Å². The van der Waals surface area contributed by atoms with Crippen LogP contribution in [0.4, 0.5) is 10.5 Å². The van der Waals surface area contributed by atoms with Gasteiger partial charge in [0.15, 0.2) is 0 Å². The number of thioether (sulfide) groups is 1. The van der Waals surface area contributed by atoms with Gasteiger partial charge in [0.25, 0.3) is 0 Å². The number of rotatable bonds is 6. The minimum Gasteiger partial charge on any atom is -0.497 e. The van der Waals surface area contributed by atoms with Crippen LogP contribution in [0.2, 0.25) is 0 Å². The van der Waals surface area contributed by atoms with E-state index in [2.05, 4.69) is 0 Å². The number of hydrogen-bond donors (Lipinski definition) is 0. The normalized spacial score (nSPS) is 13.8. The topological polar surface area (TPSA) is 62.3 Å². The smallest absolute Gasteiger partial charge is 0.410 e. The Balaban J connectivity index is 1.56. The Bertz CT molecular complexity index is 1000. The number of carbonyl (C=O) groups excluding carboxylic acids is 2. The molecule has 1 aliphatic rings. The number of nitrogens with zero attached hydrogens (tertiary/aromatic N) is 3. The number of methoxy groups -OCH3 is 1. The van der Waals surface area contributed by atoms with Gasteiger partial charge in [-0.1, -0.05) is 54.3 Å². The molecule has 0 spiro atoms. The molecule has 0 saturated carbocycles. The Kier molecular flexibility index (Phi) is 9.40. The molecule has 7 nitrogen and oxygen atoms in total. The van der Waals surface area contributed by atoms with Gasteiger partial charge in [0, 0.05) is 31.9 Å². The predicted molar refractivity (Wildman–Crippen MR) is 145 cm³/mol. The summed E-state index contributed by atoms with van der Waals surface area (Å²) in [7, 11) is 1.63. The van der Waals surface area contributed by atoms with Crippen LogP contribution in [0, 0.1) is 0 Å². The summed E-state index contributed by atoms with van der Waals surface area (Å²) in [5.74, 6) is 0.988. The molecule has 2 amide bonds. The lowest BCUT2D eigenvalue weighted by atomic mass is 10.2. The van der Waals surface area contributed by atoms with Crippen LogP contribution in [-0.4, -0.2) is 70.8 Å². The van der Waals surface area contributed by atoms with Gasteiger partial charge in [0.1, 0.15) is 15.7 Å². The van der Waals surface area contributed by atoms with Crippen molar-refractivity contribution in [1.29, 1.82) is 0 Å². The maximum atomic E-state index is 13.3. The number of amides is 2. The van der Waals surface area contributed by atoms with Crippen LogP contribution in [0.1, 0.15) is 26.3 Å². The molecule has 188 valence electrons. The summed E-state index contributed by atoms with van der Waals surface area (Å²) >= 11 is 6.98. The molecule has 1 aliphatic heterocycles. The second kappa shape index (κ2) is 12.3. The molecule has 1 fully saturated rings. The van der Waals surface area contributed by atoms with Crippen molar-refractivity contribution in [3.63, 3.8) is 0 Å². The van der Waals surface area contributed by atoms with Crippen molar-refractivity contribution in [2.24, 2.45) is 0 Å². The number of carbonyl (C=O) groups is 2. The lowest BCUT2D eigenvalue weighted by Crippen LogP contribution is -2.51. The molecule has 0 radical (unpaired) electrons. The summed E-state index contributed by atoms with van der Waals surface area (Å²) < 4.78 is 11.4. The van der Waals surface area contributed by atoms with Crippen molar-refractivity contribution < 1.29 is 19.1 Å². The highest BCUT2D eigenvalue weighted by atomic mass is 32.2. The molecule has 3 rings (SSSR count). The molecule has 0 N–H and O–H groups in total. The van der Waals surface area contributed by atoms with Gasteiger partial charge in [-0.05, 0) is 50.6 Å². The molecule has 0 unspecified atom stereocenters. The average molecular weight is 516 g/mol. The quantitative estimate of drug-likeness (QED) is 0.512. The van der Waals surface area contributed by atoms with Crippen LogP contribution < -0.4 is 9.64 Å². The molecule has 0 bridgehead atoms. The molecule has 1 saturated heterocycles. The molecule has 0 aliphatic carbocycles. The summed E-state index contributed by atoms with van der Waals surface area (Å²) in [6.45, 7) is 8.34. The summed E-state index contributed by atoms with van der Waals surface area (Å²) in [5, 5.41) is 0. The van der Waals surface area contributed by atoms with Crippen LogP contribution in [0.25, 0.3) is 0 Å². The zero-order valence-electron chi connectivity index (χ0n) is 20.7. The van der Waals surface area contributed by atoms with Gasteiger partial charge in [-0.3, -0.25) is 4.79 Å². The number of piperazine rings is 1. The third-order valence-electron chi connectivity index (χ3n) is 5.38. The number of para-hydroxylation sites is 1. The van der Waals surface area contributed by atoms with Crippen molar-refractivity contribution in [2.75, 3.05) is 43.9 Å². The zero-order chi connectivity index (χ0) is 25.4. The van der Waals surface area contributed by atoms with Crippen molar-refractivity contribution in [3.8, 4) is 5.75 Å². The number of thiocarbonyl (C=S) groups is 1. The second-order valence-electron chi connectivity index (χ2n) is 9.17. The average Bonchev–Trinajstić information content (AvgIpc) is 2.85. The third kappa shape index (κ3) is 8.14. The first-order chi connectivity index (χ1) is 16.7. The van der Waals surface area contributed by atoms with Crippen molar-refractivity contribution in [3.05, 3.63) is 60.2 Å². The van der Waals surface area contributed by atoms with Crippen LogP contribution >= 0.6 is 24.0 Å². The Labute approximate surface area is 217 Å². The van der Waals surface area contributed by atoms with E-state index in [4.69, 9.17) is 21.7 Å². The van der Waals surface area contributed by atoms with E-state index >= 15 is 0 Å². The molecule has 35 heavy (non-hydrogen) atoms. The predicted octanol–water partition coefficient (Wildman–Crippen LogP) is 4.80. The van der Waals surface area contributed by atoms with E-state index in [0.29, 0.717) is 37.0 Å². The first kappa shape index (κ1) is 26.8. The van der Waals surface area contributed by atoms with E-state index in [-0.39, 0.29) is 17.8 Å². The van der Waals surface area contributed by atoms with E-state index in [1.165, 1.54) is 11.8 Å². The third-order valence-corrected chi connectivity index (χ3v) is 6.89. The van der Waals surface area contributed by atoms with E-state index in [9.17, 15) is 9.59 Å². The van der Waals surface area contributed by atoms with Gasteiger partial charge in [0.2, 0.25) is 5.91 Å². The zero-order valence-corrected chi connectivity index (χ0v) is 22.4. The fraction of sp³-hybridized carbons (Fsp3) is 0.423. The van der Waals surface area contributed by atoms with Crippen LogP contribution in [0.5, 0.6) is 5.75 Å². The highest BCUT2D eigenvalue weighted by molar-refractivity contribution is 8.23. The summed E-state index contributed by atoms with van der Waals surface area (Å²) in [4.78, 5) is 31.1. The van der Waals surface area contributed by atoms with Crippen LogP contribution in [-0.2, 0) is 16.1 Å². The van der Waals surface area contributed by atoms with Crippen molar-refractivity contribution >= 4 is 46.0 Å². The van der Waals surface area contributed by atoms with E-state index in [1.807, 2.05) is 80.3 Å². The van der Waals surface area contributed by atoms with Crippen LogP contribution in [0.3, 0.4) is 0 Å². The number of ether oxygens (including phenoxy) is 2. The number of anilines is 1. The van der Waals surface area contributed by atoms with E-state index in [1.54, 1.807) is 16.9 Å². The maximum absolute atomic E-state index is 13.3. The summed E-state index contributed by atoms with van der Waals surface area (Å²) in [5.41, 5.74) is 1.33. The maximum Gasteiger partial charge on any atom is 0.410 e. The van der Waals surface area contributed by atoms with E-state index in [0.717, 1.165) is 17.0 Å². The molecular weight excluding hydrogens is 482 g/mol. The Morgan fingerprint density at radius 1 is 0.971 bits per heavy atom. The standard InChI is InChI=1S/C26H33N3O4S2/c1-26(2,3)33-24(31)27-14-16-28(17-15-27)25(34)35-19-23(30)29(21-8-6-5-7-9-21)18-20-10-12-22(32-4)13-11-20/h5-13H,14-19H2,1-4H3. The van der Waals surface area contributed by atoms with Crippen molar-refractivity contribution in [1.82, 2.24) is 9.80 Å².